The van der Waals surface area contributed by atoms with Gasteiger partial charge in [-0.1, -0.05) is 55.0 Å². The summed E-state index contributed by atoms with van der Waals surface area (Å²) in [6.07, 6.45) is 1.95. The van der Waals surface area contributed by atoms with E-state index in [1.54, 1.807) is 11.8 Å². The van der Waals surface area contributed by atoms with E-state index < -0.39 is 23.5 Å². The number of carboxylic acids is 1. The third-order valence-electron chi connectivity index (χ3n) is 7.84. The summed E-state index contributed by atoms with van der Waals surface area (Å²) in [5, 5.41) is 12.5. The van der Waals surface area contributed by atoms with Crippen LogP contribution in [0, 0.1) is 11.3 Å². The highest BCUT2D eigenvalue weighted by Crippen LogP contribution is 2.49. The van der Waals surface area contributed by atoms with Crippen LogP contribution in [0.3, 0.4) is 0 Å². The van der Waals surface area contributed by atoms with Crippen molar-refractivity contribution < 1.29 is 24.2 Å². The summed E-state index contributed by atoms with van der Waals surface area (Å²) < 4.78 is 5.57. The fourth-order valence-corrected chi connectivity index (χ4v) is 6.11. The zero-order valence-corrected chi connectivity index (χ0v) is 19.3. The lowest BCUT2D eigenvalue weighted by molar-refractivity contribution is -0.149. The van der Waals surface area contributed by atoms with Crippen LogP contribution >= 0.6 is 0 Å². The predicted molar refractivity (Wildman–Crippen MR) is 126 cm³/mol. The predicted octanol–water partition coefficient (Wildman–Crippen LogP) is 4.02. The van der Waals surface area contributed by atoms with E-state index in [0.29, 0.717) is 13.0 Å². The van der Waals surface area contributed by atoms with E-state index in [-0.39, 0.29) is 37.3 Å². The number of amides is 2. The van der Waals surface area contributed by atoms with Gasteiger partial charge in [-0.05, 0) is 47.9 Å². The first-order valence-corrected chi connectivity index (χ1v) is 12.0. The molecule has 2 N–H and O–H groups in total. The molecule has 34 heavy (non-hydrogen) atoms. The van der Waals surface area contributed by atoms with E-state index in [2.05, 4.69) is 29.6 Å². The lowest BCUT2D eigenvalue weighted by Gasteiger charge is -2.24. The molecule has 2 fully saturated rings. The number of ether oxygens (including phenoxy) is 1. The van der Waals surface area contributed by atoms with Crippen LogP contribution < -0.4 is 5.32 Å². The molecule has 3 atom stereocenters. The SMILES string of the molecule is CC(CC(=O)N1CC2CCCC2(C(=O)O)C1)NC(=O)OCC1c2ccccc2-c2ccccc21. The normalized spacial score (nSPS) is 23.7. The number of likely N-dealkylation sites (tertiary alicyclic amines) is 1. The molecule has 7 heteroatoms. The second-order valence-corrected chi connectivity index (χ2v) is 9.90. The second kappa shape index (κ2) is 8.78. The molecule has 178 valence electrons. The van der Waals surface area contributed by atoms with Gasteiger partial charge in [0.05, 0.1) is 5.41 Å². The largest absolute Gasteiger partial charge is 0.481 e. The molecule has 1 aliphatic heterocycles. The molecular weight excluding hydrogens is 432 g/mol. The number of fused-ring (bicyclic) bond motifs is 4. The first-order valence-electron chi connectivity index (χ1n) is 12.0. The number of carbonyl (C=O) groups excluding carboxylic acids is 2. The average molecular weight is 463 g/mol. The quantitative estimate of drug-likeness (QED) is 0.676. The van der Waals surface area contributed by atoms with Crippen LogP contribution in [0.4, 0.5) is 4.79 Å². The molecule has 1 saturated heterocycles. The van der Waals surface area contributed by atoms with Gasteiger partial charge in [0.1, 0.15) is 6.61 Å². The molecule has 5 rings (SSSR count). The van der Waals surface area contributed by atoms with Crippen LogP contribution in [0.15, 0.2) is 48.5 Å². The van der Waals surface area contributed by atoms with Crippen molar-refractivity contribution in [2.75, 3.05) is 19.7 Å². The Kier molecular flexibility index (Phi) is 5.80. The monoisotopic (exact) mass is 462 g/mol. The zero-order valence-electron chi connectivity index (χ0n) is 19.3. The third kappa shape index (κ3) is 3.83. The molecule has 0 bridgehead atoms. The van der Waals surface area contributed by atoms with Gasteiger partial charge < -0.3 is 20.1 Å². The topological polar surface area (TPSA) is 95.9 Å². The smallest absolute Gasteiger partial charge is 0.407 e. The molecule has 1 saturated carbocycles. The van der Waals surface area contributed by atoms with Crippen LogP contribution in [0.1, 0.15) is 49.7 Å². The molecule has 2 amide bonds. The van der Waals surface area contributed by atoms with Gasteiger partial charge >= 0.3 is 12.1 Å². The number of nitrogens with zero attached hydrogens (tertiary/aromatic N) is 1. The van der Waals surface area contributed by atoms with E-state index in [9.17, 15) is 19.5 Å². The Labute approximate surface area is 199 Å². The summed E-state index contributed by atoms with van der Waals surface area (Å²) in [5.41, 5.74) is 3.83. The number of carbonyl (C=O) groups is 3. The van der Waals surface area contributed by atoms with Gasteiger partial charge in [0.25, 0.3) is 0 Å². The number of carboxylic acid groups (broad SMARTS) is 1. The molecule has 2 aliphatic carbocycles. The first-order chi connectivity index (χ1) is 16.4. The van der Waals surface area contributed by atoms with Crippen molar-refractivity contribution in [2.24, 2.45) is 11.3 Å². The maximum Gasteiger partial charge on any atom is 0.407 e. The van der Waals surface area contributed by atoms with Crippen molar-refractivity contribution >= 4 is 18.0 Å². The summed E-state index contributed by atoms with van der Waals surface area (Å²) in [6.45, 7) is 2.74. The van der Waals surface area contributed by atoms with E-state index in [1.807, 2.05) is 24.3 Å². The van der Waals surface area contributed by atoms with Gasteiger partial charge in [-0.25, -0.2) is 4.79 Å². The minimum Gasteiger partial charge on any atom is -0.481 e. The van der Waals surface area contributed by atoms with Crippen molar-refractivity contribution in [2.45, 2.75) is 44.6 Å². The van der Waals surface area contributed by atoms with Gasteiger partial charge in [-0.2, -0.15) is 0 Å². The number of benzene rings is 2. The highest BCUT2D eigenvalue weighted by atomic mass is 16.5. The summed E-state index contributed by atoms with van der Waals surface area (Å²) in [5.74, 6) is -0.915. The highest BCUT2D eigenvalue weighted by molar-refractivity contribution is 5.82. The zero-order chi connectivity index (χ0) is 23.9. The lowest BCUT2D eigenvalue weighted by atomic mass is 9.81. The van der Waals surface area contributed by atoms with Crippen molar-refractivity contribution in [1.29, 1.82) is 0 Å². The van der Waals surface area contributed by atoms with Gasteiger partial charge in [0.2, 0.25) is 5.91 Å². The fourth-order valence-electron chi connectivity index (χ4n) is 6.11. The minimum atomic E-state index is -0.796. The summed E-state index contributed by atoms with van der Waals surface area (Å²) in [7, 11) is 0. The number of aliphatic carboxylic acids is 1. The summed E-state index contributed by atoms with van der Waals surface area (Å²) >= 11 is 0. The Bertz CT molecular complexity index is 1090. The van der Waals surface area contributed by atoms with E-state index in [0.717, 1.165) is 24.0 Å². The molecule has 2 aromatic rings. The standard InChI is InChI=1S/C27H30N2O5/c1-17(13-24(30)29-14-18-7-6-12-27(18,16-29)25(31)32)28-26(33)34-15-23-21-10-4-2-8-19(21)20-9-3-5-11-22(20)23/h2-5,8-11,17-18,23H,6-7,12-16H2,1H3,(H,28,33)(H,31,32). The van der Waals surface area contributed by atoms with Gasteiger partial charge in [-0.3, -0.25) is 9.59 Å². The van der Waals surface area contributed by atoms with Gasteiger partial charge in [0, 0.05) is 31.5 Å². The molecule has 0 spiro atoms. The molecule has 0 aromatic heterocycles. The first kappa shape index (κ1) is 22.4. The Morgan fingerprint density at radius 1 is 1.12 bits per heavy atom. The minimum absolute atomic E-state index is 0.0219. The van der Waals surface area contributed by atoms with Crippen LogP contribution in [-0.2, 0) is 14.3 Å². The number of rotatable bonds is 6. The van der Waals surface area contributed by atoms with Crippen LogP contribution in [0.25, 0.3) is 11.1 Å². The van der Waals surface area contributed by atoms with Crippen LogP contribution in [-0.4, -0.2) is 53.7 Å². The summed E-state index contributed by atoms with van der Waals surface area (Å²) in [6, 6.07) is 15.9. The molecule has 2 aromatic carbocycles. The number of alkyl carbamates (subject to hydrolysis) is 1. The molecule has 7 nitrogen and oxygen atoms in total. The molecule has 1 heterocycles. The lowest BCUT2D eigenvalue weighted by Crippen LogP contribution is -2.41. The van der Waals surface area contributed by atoms with E-state index >= 15 is 0 Å². The Balaban J connectivity index is 1.15. The molecule has 0 radical (unpaired) electrons. The fraction of sp³-hybridized carbons (Fsp3) is 0.444. The van der Waals surface area contributed by atoms with Crippen molar-refractivity contribution in [1.82, 2.24) is 10.2 Å². The number of hydrogen-bond acceptors (Lipinski definition) is 4. The average Bonchev–Trinajstić information content (AvgIpc) is 3.47. The molecule has 3 unspecified atom stereocenters. The summed E-state index contributed by atoms with van der Waals surface area (Å²) in [4.78, 5) is 38.8. The maximum absolute atomic E-state index is 12.8. The van der Waals surface area contributed by atoms with Crippen LogP contribution in [0.2, 0.25) is 0 Å². The highest BCUT2D eigenvalue weighted by Gasteiger charge is 2.55. The van der Waals surface area contributed by atoms with E-state index in [4.69, 9.17) is 4.74 Å². The number of hydrogen-bond donors (Lipinski definition) is 2. The Morgan fingerprint density at radius 3 is 2.38 bits per heavy atom. The van der Waals surface area contributed by atoms with Gasteiger partial charge in [-0.15, -0.1) is 0 Å². The second-order valence-electron chi connectivity index (χ2n) is 9.90. The number of nitrogens with one attached hydrogen (secondary N) is 1. The van der Waals surface area contributed by atoms with Crippen molar-refractivity contribution in [3.63, 3.8) is 0 Å². The van der Waals surface area contributed by atoms with E-state index in [1.165, 1.54) is 11.1 Å². The molecule has 3 aliphatic rings. The molecular formula is C27H30N2O5. The maximum atomic E-state index is 12.8. The van der Waals surface area contributed by atoms with Crippen molar-refractivity contribution in [3.8, 4) is 11.1 Å². The third-order valence-corrected chi connectivity index (χ3v) is 7.84. The van der Waals surface area contributed by atoms with Crippen molar-refractivity contribution in [3.05, 3.63) is 59.7 Å². The van der Waals surface area contributed by atoms with Crippen LogP contribution in [0.5, 0.6) is 0 Å². The van der Waals surface area contributed by atoms with Gasteiger partial charge in [0.15, 0.2) is 0 Å². The Morgan fingerprint density at radius 2 is 1.76 bits per heavy atom. The Hall–Kier alpha value is -3.35.